The number of carbonyl (C=O) groups excluding carboxylic acids is 1. The Morgan fingerprint density at radius 1 is 1.29 bits per heavy atom. The second-order valence-electron chi connectivity index (χ2n) is 3.46. The van der Waals surface area contributed by atoms with Crippen molar-refractivity contribution in [1.82, 2.24) is 0 Å². The van der Waals surface area contributed by atoms with Crippen LogP contribution in [0.3, 0.4) is 0 Å². The topological polar surface area (TPSA) is 17.1 Å². The van der Waals surface area contributed by atoms with E-state index in [1.54, 1.807) is 29.5 Å². The second-order valence-corrected chi connectivity index (χ2v) is 6.63. The van der Waals surface area contributed by atoms with Crippen LogP contribution in [0.15, 0.2) is 38.6 Å². The maximum atomic E-state index is 12.0. The third-order valence-corrected chi connectivity index (χ3v) is 5.13. The van der Waals surface area contributed by atoms with Crippen molar-refractivity contribution in [2.75, 3.05) is 0 Å². The summed E-state index contributed by atoms with van der Waals surface area (Å²) in [6.07, 6.45) is 0.411. The van der Waals surface area contributed by atoms with Gasteiger partial charge in [-0.05, 0) is 50.1 Å². The van der Waals surface area contributed by atoms with Gasteiger partial charge in [0.15, 0.2) is 5.78 Å². The Labute approximate surface area is 125 Å². The number of hydrogen-bond donors (Lipinski definition) is 0. The van der Waals surface area contributed by atoms with Gasteiger partial charge in [0.2, 0.25) is 0 Å². The summed E-state index contributed by atoms with van der Waals surface area (Å²) in [5.74, 6) is 0.0775. The molecule has 5 heteroatoms. The van der Waals surface area contributed by atoms with E-state index in [9.17, 15) is 4.79 Å². The fourth-order valence-electron chi connectivity index (χ4n) is 1.38. The highest BCUT2D eigenvalue weighted by atomic mass is 79.9. The molecule has 0 radical (unpaired) electrons. The lowest BCUT2D eigenvalue weighted by molar-refractivity contribution is 0.0994. The van der Waals surface area contributed by atoms with Crippen LogP contribution in [0.2, 0.25) is 5.02 Å². The molecule has 1 heterocycles. The van der Waals surface area contributed by atoms with Gasteiger partial charge < -0.3 is 0 Å². The van der Waals surface area contributed by atoms with Crippen LogP contribution in [-0.4, -0.2) is 5.78 Å². The van der Waals surface area contributed by atoms with Crippen molar-refractivity contribution < 1.29 is 4.79 Å². The zero-order chi connectivity index (χ0) is 12.4. The van der Waals surface area contributed by atoms with Gasteiger partial charge in [0.25, 0.3) is 0 Å². The maximum absolute atomic E-state index is 12.0. The maximum Gasteiger partial charge on any atom is 0.168 e. The number of thiophene rings is 1. The lowest BCUT2D eigenvalue weighted by Crippen LogP contribution is -2.02. The second kappa shape index (κ2) is 5.65. The lowest BCUT2D eigenvalue weighted by Gasteiger charge is -2.01. The van der Waals surface area contributed by atoms with Crippen LogP contribution >= 0.6 is 54.8 Å². The van der Waals surface area contributed by atoms with Gasteiger partial charge >= 0.3 is 0 Å². The number of carbonyl (C=O) groups is 1. The molecule has 0 aliphatic heterocycles. The largest absolute Gasteiger partial charge is 0.294 e. The van der Waals surface area contributed by atoms with E-state index in [-0.39, 0.29) is 5.78 Å². The van der Waals surface area contributed by atoms with Crippen molar-refractivity contribution in [3.63, 3.8) is 0 Å². The van der Waals surface area contributed by atoms with Gasteiger partial charge in [-0.2, -0.15) is 0 Å². The molecule has 0 atom stereocenters. The number of halogens is 3. The molecule has 1 aromatic heterocycles. The summed E-state index contributed by atoms with van der Waals surface area (Å²) in [4.78, 5) is 13.0. The highest BCUT2D eigenvalue weighted by Gasteiger charge is 2.10. The fraction of sp³-hybridized carbons (Fsp3) is 0.0833. The normalized spacial score (nSPS) is 10.5. The molecular weight excluding hydrogens is 387 g/mol. The Hall–Kier alpha value is -0.160. The number of Topliss-reactive ketones (excluding diaryl/α,β-unsaturated/α-hetero) is 1. The molecule has 0 bridgehead atoms. The molecule has 0 unspecified atom stereocenters. The molecule has 0 saturated carbocycles. The number of hydrogen-bond acceptors (Lipinski definition) is 2. The smallest absolute Gasteiger partial charge is 0.168 e. The van der Waals surface area contributed by atoms with Crippen molar-refractivity contribution in [1.29, 1.82) is 0 Å². The van der Waals surface area contributed by atoms with Gasteiger partial charge in [0.05, 0.1) is 5.02 Å². The van der Waals surface area contributed by atoms with E-state index in [1.165, 1.54) is 0 Å². The monoisotopic (exact) mass is 392 g/mol. The zero-order valence-corrected chi connectivity index (χ0v) is 13.3. The Morgan fingerprint density at radius 3 is 2.65 bits per heavy atom. The van der Waals surface area contributed by atoms with Crippen LogP contribution in [0.5, 0.6) is 0 Å². The van der Waals surface area contributed by atoms with Crippen LogP contribution in [0, 0.1) is 0 Å². The predicted molar refractivity (Wildman–Crippen MR) is 79.2 cm³/mol. The summed E-state index contributed by atoms with van der Waals surface area (Å²) < 4.78 is 1.81. The van der Waals surface area contributed by atoms with Gasteiger partial charge in [0.1, 0.15) is 0 Å². The van der Waals surface area contributed by atoms with Crippen molar-refractivity contribution in [3.8, 4) is 0 Å². The van der Waals surface area contributed by atoms with E-state index >= 15 is 0 Å². The highest BCUT2D eigenvalue weighted by Crippen LogP contribution is 2.25. The van der Waals surface area contributed by atoms with E-state index in [0.29, 0.717) is 17.0 Å². The van der Waals surface area contributed by atoms with E-state index in [4.69, 9.17) is 11.6 Å². The minimum absolute atomic E-state index is 0.0775. The molecule has 88 valence electrons. The fourth-order valence-corrected chi connectivity index (χ4v) is 3.25. The molecule has 0 aliphatic rings. The van der Waals surface area contributed by atoms with E-state index < -0.39 is 0 Å². The highest BCUT2D eigenvalue weighted by molar-refractivity contribution is 9.10. The number of rotatable bonds is 3. The van der Waals surface area contributed by atoms with Crippen LogP contribution in [-0.2, 0) is 6.42 Å². The molecule has 0 N–H and O–H groups in total. The standard InChI is InChI=1S/C12H7Br2ClOS/c13-8-4-9(17-6-8)5-12(16)7-1-2-10(14)11(15)3-7/h1-4,6H,5H2. The van der Waals surface area contributed by atoms with Crippen LogP contribution in [0.4, 0.5) is 0 Å². The Kier molecular flexibility index (Phi) is 4.42. The Bertz CT molecular complexity index is 565. The molecular formula is C12H7Br2ClOS. The number of benzene rings is 1. The minimum Gasteiger partial charge on any atom is -0.294 e. The SMILES string of the molecule is O=C(Cc1cc(Br)cs1)c1ccc(Br)c(Cl)c1. The molecule has 2 aromatic rings. The Balaban J connectivity index is 2.17. The summed E-state index contributed by atoms with van der Waals surface area (Å²) in [5.41, 5.74) is 0.641. The summed E-state index contributed by atoms with van der Waals surface area (Å²) >= 11 is 14.2. The molecule has 0 amide bonds. The average molecular weight is 395 g/mol. The first-order chi connectivity index (χ1) is 8.06. The van der Waals surface area contributed by atoms with Gasteiger partial charge in [0, 0.05) is 31.2 Å². The number of ketones is 1. The van der Waals surface area contributed by atoms with Gasteiger partial charge in [-0.1, -0.05) is 17.7 Å². The van der Waals surface area contributed by atoms with Crippen molar-refractivity contribution in [2.24, 2.45) is 0 Å². The zero-order valence-electron chi connectivity index (χ0n) is 8.54. The predicted octanol–water partition coefficient (Wildman–Crippen LogP) is 5.35. The van der Waals surface area contributed by atoms with Crippen LogP contribution in [0.25, 0.3) is 0 Å². The van der Waals surface area contributed by atoms with E-state index in [1.807, 2.05) is 11.4 Å². The first-order valence-electron chi connectivity index (χ1n) is 4.77. The lowest BCUT2D eigenvalue weighted by atomic mass is 10.1. The molecule has 2 rings (SSSR count). The van der Waals surface area contributed by atoms with E-state index in [0.717, 1.165) is 13.8 Å². The van der Waals surface area contributed by atoms with Crippen molar-refractivity contribution in [3.05, 3.63) is 54.1 Å². The first-order valence-corrected chi connectivity index (χ1v) is 7.62. The van der Waals surface area contributed by atoms with Crippen molar-refractivity contribution in [2.45, 2.75) is 6.42 Å². The molecule has 0 spiro atoms. The molecule has 1 aromatic carbocycles. The van der Waals surface area contributed by atoms with Crippen LogP contribution in [0.1, 0.15) is 15.2 Å². The molecule has 0 fully saturated rings. The molecule has 0 saturated heterocycles. The Morgan fingerprint density at radius 2 is 2.06 bits per heavy atom. The third kappa shape index (κ3) is 3.41. The summed E-state index contributed by atoms with van der Waals surface area (Å²) in [5, 5.41) is 2.53. The van der Waals surface area contributed by atoms with Gasteiger partial charge in [-0.15, -0.1) is 11.3 Å². The molecule has 1 nitrogen and oxygen atoms in total. The quantitative estimate of drug-likeness (QED) is 0.641. The molecule has 0 aliphatic carbocycles. The third-order valence-electron chi connectivity index (χ3n) is 2.20. The molecule has 17 heavy (non-hydrogen) atoms. The van der Waals surface area contributed by atoms with Gasteiger partial charge in [-0.3, -0.25) is 4.79 Å². The minimum atomic E-state index is 0.0775. The van der Waals surface area contributed by atoms with Crippen molar-refractivity contribution >= 4 is 60.6 Å². The van der Waals surface area contributed by atoms with Gasteiger partial charge in [-0.25, -0.2) is 0 Å². The van der Waals surface area contributed by atoms with Crippen LogP contribution < -0.4 is 0 Å². The summed E-state index contributed by atoms with van der Waals surface area (Å²) in [6.45, 7) is 0. The first kappa shape index (κ1) is 13.3. The van der Waals surface area contributed by atoms with E-state index in [2.05, 4.69) is 31.9 Å². The average Bonchev–Trinajstić information content (AvgIpc) is 2.68. The summed E-state index contributed by atoms with van der Waals surface area (Å²) in [7, 11) is 0. The summed E-state index contributed by atoms with van der Waals surface area (Å²) in [6, 6.07) is 7.22.